The highest BCUT2D eigenvalue weighted by molar-refractivity contribution is 7.99. The van der Waals surface area contributed by atoms with Gasteiger partial charge in [-0.15, -0.1) is 0 Å². The fourth-order valence-corrected chi connectivity index (χ4v) is 4.04. The first kappa shape index (κ1) is 23.8. The quantitative estimate of drug-likeness (QED) is 0.405. The highest BCUT2D eigenvalue weighted by Gasteiger charge is 2.17. The minimum absolute atomic E-state index is 0.0413. The van der Waals surface area contributed by atoms with Crippen LogP contribution in [0.15, 0.2) is 29.3 Å². The van der Waals surface area contributed by atoms with Crippen molar-refractivity contribution in [2.75, 3.05) is 19.3 Å². The third-order valence-electron chi connectivity index (χ3n) is 3.87. The Hall–Kier alpha value is -1.25. The van der Waals surface area contributed by atoms with Crippen molar-refractivity contribution >= 4 is 27.7 Å². The lowest BCUT2D eigenvalue weighted by atomic mass is 10.1. The molecule has 0 radical (unpaired) electrons. The number of sulfonamides is 1. The Morgan fingerprint density at radius 1 is 1.19 bits per heavy atom. The van der Waals surface area contributed by atoms with Crippen LogP contribution in [-0.4, -0.2) is 44.5 Å². The summed E-state index contributed by atoms with van der Waals surface area (Å²) in [6.07, 6.45) is 2.09. The number of hydrogen-bond acceptors (Lipinski definition) is 4. The minimum Gasteiger partial charge on any atom is -0.357 e. The number of rotatable bonds is 10. The molecule has 0 spiro atoms. The maximum atomic E-state index is 12.3. The molecule has 3 N–H and O–H groups in total. The summed E-state index contributed by atoms with van der Waals surface area (Å²) in [6.45, 7) is 12.0. The molecular formula is C19H34N4O2S2. The smallest absolute Gasteiger partial charge is 0.216 e. The Balaban J connectivity index is 2.91. The normalized spacial score (nSPS) is 13.1. The number of aliphatic imine (C=N–C) groups is 1. The summed E-state index contributed by atoms with van der Waals surface area (Å²) in [4.78, 5) is 4.64. The van der Waals surface area contributed by atoms with Crippen molar-refractivity contribution in [1.82, 2.24) is 15.4 Å². The minimum atomic E-state index is -3.37. The monoisotopic (exact) mass is 414 g/mol. The van der Waals surface area contributed by atoms with Gasteiger partial charge in [-0.2, -0.15) is 11.8 Å². The maximum Gasteiger partial charge on any atom is 0.216 e. The zero-order chi connectivity index (χ0) is 20.5. The summed E-state index contributed by atoms with van der Waals surface area (Å²) in [5.74, 6) is 0.693. The first-order valence-electron chi connectivity index (χ1n) is 9.22. The molecule has 0 saturated heterocycles. The van der Waals surface area contributed by atoms with Gasteiger partial charge in [0.1, 0.15) is 0 Å². The molecule has 0 amide bonds. The summed E-state index contributed by atoms with van der Waals surface area (Å²) in [7, 11) is -3.37. The third kappa shape index (κ3) is 9.48. The summed E-state index contributed by atoms with van der Waals surface area (Å²) >= 11 is 1.80. The third-order valence-corrected chi connectivity index (χ3v) is 6.64. The molecule has 0 bridgehead atoms. The zero-order valence-corrected chi connectivity index (χ0v) is 18.9. The van der Waals surface area contributed by atoms with Crippen LogP contribution in [0.25, 0.3) is 0 Å². The first-order valence-corrected chi connectivity index (χ1v) is 12.1. The van der Waals surface area contributed by atoms with Crippen LogP contribution < -0.4 is 15.4 Å². The van der Waals surface area contributed by atoms with Crippen molar-refractivity contribution in [3.8, 4) is 0 Å². The van der Waals surface area contributed by atoms with Gasteiger partial charge in [-0.1, -0.05) is 24.3 Å². The molecule has 0 atom stereocenters. The molecule has 0 heterocycles. The van der Waals surface area contributed by atoms with E-state index in [4.69, 9.17) is 0 Å². The fourth-order valence-electron chi connectivity index (χ4n) is 2.33. The highest BCUT2D eigenvalue weighted by Crippen LogP contribution is 2.19. The molecule has 0 aliphatic rings. The van der Waals surface area contributed by atoms with Crippen LogP contribution in [0.5, 0.6) is 0 Å². The number of guanidine groups is 1. The topological polar surface area (TPSA) is 82.6 Å². The molecular weight excluding hydrogens is 380 g/mol. The van der Waals surface area contributed by atoms with Crippen molar-refractivity contribution in [1.29, 1.82) is 0 Å². The lowest BCUT2D eigenvalue weighted by molar-refractivity contribution is 0.569. The molecule has 1 aromatic rings. The predicted octanol–water partition coefficient (Wildman–Crippen LogP) is 2.71. The molecule has 8 heteroatoms. The van der Waals surface area contributed by atoms with Crippen LogP contribution in [-0.2, 0) is 22.3 Å². The maximum absolute atomic E-state index is 12.3. The molecule has 1 rings (SSSR count). The molecule has 0 fully saturated rings. The van der Waals surface area contributed by atoms with E-state index in [1.165, 1.54) is 0 Å². The second-order valence-electron chi connectivity index (χ2n) is 7.31. The van der Waals surface area contributed by atoms with Gasteiger partial charge in [0.05, 0.1) is 12.3 Å². The van der Waals surface area contributed by atoms with Crippen LogP contribution in [0, 0.1) is 0 Å². The number of benzene rings is 1. The standard InChI is InChI=1S/C19H34N4O2S2/c1-7-20-18(22-14-19(4,5)26-6)21-12-16-10-8-9-11-17(16)13-27(24,25)23-15(2)3/h8-11,15,23H,7,12-14H2,1-6H3,(H2,20,21,22). The van der Waals surface area contributed by atoms with Gasteiger partial charge >= 0.3 is 0 Å². The number of nitrogens with zero attached hydrogens (tertiary/aromatic N) is 1. The fraction of sp³-hybridized carbons (Fsp3) is 0.632. The van der Waals surface area contributed by atoms with Gasteiger partial charge in [0.25, 0.3) is 0 Å². The molecule has 6 nitrogen and oxygen atoms in total. The van der Waals surface area contributed by atoms with E-state index in [0.29, 0.717) is 6.54 Å². The van der Waals surface area contributed by atoms with E-state index >= 15 is 0 Å². The van der Waals surface area contributed by atoms with Gasteiger partial charge in [-0.05, 0) is 52.0 Å². The van der Waals surface area contributed by atoms with Crippen LogP contribution in [0.3, 0.4) is 0 Å². The number of nitrogens with one attached hydrogen (secondary N) is 3. The van der Waals surface area contributed by atoms with Gasteiger partial charge in [0.2, 0.25) is 10.0 Å². The van der Waals surface area contributed by atoms with E-state index in [-0.39, 0.29) is 16.5 Å². The van der Waals surface area contributed by atoms with Crippen LogP contribution in [0.4, 0.5) is 0 Å². The number of hydrogen-bond donors (Lipinski definition) is 3. The van der Waals surface area contributed by atoms with E-state index in [1.807, 2.05) is 45.0 Å². The Kier molecular flexibility index (Phi) is 9.62. The Labute approximate surface area is 169 Å². The van der Waals surface area contributed by atoms with Gasteiger partial charge in [-0.3, -0.25) is 0 Å². The van der Waals surface area contributed by atoms with Crippen molar-refractivity contribution in [3.63, 3.8) is 0 Å². The second-order valence-corrected chi connectivity index (χ2v) is 10.6. The molecule has 0 aliphatic carbocycles. The Bertz CT molecular complexity index is 716. The molecule has 0 unspecified atom stereocenters. The summed E-state index contributed by atoms with van der Waals surface area (Å²) in [5.41, 5.74) is 1.68. The molecule has 27 heavy (non-hydrogen) atoms. The predicted molar refractivity (Wildman–Crippen MR) is 118 cm³/mol. The summed E-state index contributed by atoms with van der Waals surface area (Å²) in [5, 5.41) is 6.61. The van der Waals surface area contributed by atoms with Crippen LogP contribution in [0.2, 0.25) is 0 Å². The highest BCUT2D eigenvalue weighted by atomic mass is 32.2. The van der Waals surface area contributed by atoms with Crippen LogP contribution >= 0.6 is 11.8 Å². The van der Waals surface area contributed by atoms with E-state index < -0.39 is 10.0 Å². The molecule has 154 valence electrons. The SMILES string of the molecule is CCNC(=NCc1ccccc1CS(=O)(=O)NC(C)C)NCC(C)(C)SC. The molecule has 0 aromatic heterocycles. The van der Waals surface area contributed by atoms with Crippen molar-refractivity contribution in [2.45, 2.75) is 57.7 Å². The lowest BCUT2D eigenvalue weighted by Gasteiger charge is -2.23. The van der Waals surface area contributed by atoms with Crippen molar-refractivity contribution in [3.05, 3.63) is 35.4 Å². The molecule has 1 aromatic carbocycles. The van der Waals surface area contributed by atoms with Gasteiger partial charge in [-0.25, -0.2) is 18.1 Å². The van der Waals surface area contributed by atoms with E-state index in [1.54, 1.807) is 11.8 Å². The summed E-state index contributed by atoms with van der Waals surface area (Å²) in [6, 6.07) is 7.43. The van der Waals surface area contributed by atoms with Crippen LogP contribution in [0.1, 0.15) is 45.7 Å². The Morgan fingerprint density at radius 3 is 2.37 bits per heavy atom. The molecule has 0 aliphatic heterocycles. The lowest BCUT2D eigenvalue weighted by Crippen LogP contribution is -2.43. The largest absolute Gasteiger partial charge is 0.357 e. The molecule has 0 saturated carbocycles. The van der Waals surface area contributed by atoms with E-state index in [0.717, 1.165) is 30.2 Å². The average Bonchev–Trinajstić information content (AvgIpc) is 2.57. The van der Waals surface area contributed by atoms with Gasteiger partial charge in [0, 0.05) is 23.9 Å². The average molecular weight is 415 g/mol. The first-order chi connectivity index (χ1) is 12.6. The summed E-state index contributed by atoms with van der Waals surface area (Å²) < 4.78 is 27.3. The second kappa shape index (κ2) is 10.9. The van der Waals surface area contributed by atoms with E-state index in [2.05, 4.69) is 40.5 Å². The van der Waals surface area contributed by atoms with Crippen molar-refractivity contribution in [2.24, 2.45) is 4.99 Å². The Morgan fingerprint density at radius 2 is 1.81 bits per heavy atom. The van der Waals surface area contributed by atoms with Gasteiger partial charge < -0.3 is 10.6 Å². The zero-order valence-electron chi connectivity index (χ0n) is 17.3. The van der Waals surface area contributed by atoms with Gasteiger partial charge in [0.15, 0.2) is 5.96 Å². The number of thioether (sulfide) groups is 1. The van der Waals surface area contributed by atoms with E-state index in [9.17, 15) is 8.42 Å². The van der Waals surface area contributed by atoms with Crippen molar-refractivity contribution < 1.29 is 8.42 Å².